The summed E-state index contributed by atoms with van der Waals surface area (Å²) in [6, 6.07) is 9.32. The van der Waals surface area contributed by atoms with Crippen molar-refractivity contribution in [1.82, 2.24) is 9.62 Å². The molecule has 0 aromatic heterocycles. The Hall–Kier alpha value is -2.13. The van der Waals surface area contributed by atoms with Gasteiger partial charge in [0.1, 0.15) is 6.61 Å². The molecule has 1 aliphatic rings. The fourth-order valence-corrected chi connectivity index (χ4v) is 4.48. The molecule has 1 aromatic rings. The first-order chi connectivity index (χ1) is 13.4. The number of hydrogen-bond acceptors (Lipinski definition) is 6. The summed E-state index contributed by atoms with van der Waals surface area (Å²) in [5.74, 6) is -0.341. The largest absolute Gasteiger partial charge is 0.466 e. The Labute approximate surface area is 166 Å². The zero-order valence-electron chi connectivity index (χ0n) is 16.1. The van der Waals surface area contributed by atoms with Gasteiger partial charge in [0.25, 0.3) is 0 Å². The lowest BCUT2D eigenvalue weighted by atomic mass is 10.1. The number of ether oxygens (including phenoxy) is 2. The van der Waals surface area contributed by atoms with E-state index in [-0.39, 0.29) is 32.1 Å². The van der Waals surface area contributed by atoms with E-state index >= 15 is 0 Å². The van der Waals surface area contributed by atoms with Crippen LogP contribution in [0.4, 0.5) is 4.79 Å². The van der Waals surface area contributed by atoms with Crippen LogP contribution in [0.5, 0.6) is 0 Å². The van der Waals surface area contributed by atoms with Crippen LogP contribution in [0.3, 0.4) is 0 Å². The molecule has 156 valence electrons. The molecule has 1 N–H and O–H groups in total. The summed E-state index contributed by atoms with van der Waals surface area (Å²) in [4.78, 5) is 25.0. The molecule has 9 heteroatoms. The maximum atomic E-state index is 12.5. The predicted molar refractivity (Wildman–Crippen MR) is 104 cm³/mol. The molecule has 0 radical (unpaired) electrons. The van der Waals surface area contributed by atoms with Gasteiger partial charge in [0, 0.05) is 26.1 Å². The Morgan fingerprint density at radius 1 is 1.21 bits per heavy atom. The second-order valence-corrected chi connectivity index (χ2v) is 8.64. The Balaban J connectivity index is 1.78. The molecule has 1 heterocycles. The molecule has 2 rings (SSSR count). The van der Waals surface area contributed by atoms with Gasteiger partial charge < -0.3 is 14.4 Å². The minimum absolute atomic E-state index is 0.0980. The van der Waals surface area contributed by atoms with E-state index in [9.17, 15) is 18.0 Å². The molecule has 1 aliphatic heterocycles. The zero-order valence-corrected chi connectivity index (χ0v) is 16.9. The predicted octanol–water partition coefficient (Wildman–Crippen LogP) is 2.05. The molecule has 1 aromatic carbocycles. The van der Waals surface area contributed by atoms with Gasteiger partial charge in [0.05, 0.1) is 11.9 Å². The maximum absolute atomic E-state index is 12.5. The van der Waals surface area contributed by atoms with E-state index in [0.717, 1.165) is 5.56 Å². The smallest absolute Gasteiger partial charge is 0.410 e. The topological polar surface area (TPSA) is 102 Å². The summed E-state index contributed by atoms with van der Waals surface area (Å²) in [6.45, 7) is 2.92. The number of nitrogens with one attached hydrogen (secondary N) is 1. The Kier molecular flexibility index (Phi) is 8.72. The number of likely N-dealkylation sites (tertiary alicyclic amines) is 1. The number of nitrogens with zero attached hydrogens (tertiary/aromatic N) is 1. The zero-order chi connectivity index (χ0) is 20.4. The van der Waals surface area contributed by atoms with Crippen LogP contribution in [0, 0.1) is 0 Å². The van der Waals surface area contributed by atoms with Gasteiger partial charge in [-0.25, -0.2) is 17.9 Å². The number of piperidine rings is 1. The van der Waals surface area contributed by atoms with Crippen molar-refractivity contribution in [3.05, 3.63) is 35.9 Å². The molecule has 1 amide bonds. The van der Waals surface area contributed by atoms with E-state index in [4.69, 9.17) is 9.47 Å². The highest BCUT2D eigenvalue weighted by Gasteiger charge is 2.33. The van der Waals surface area contributed by atoms with Gasteiger partial charge in [-0.3, -0.25) is 4.79 Å². The van der Waals surface area contributed by atoms with E-state index in [1.54, 1.807) is 6.92 Å². The van der Waals surface area contributed by atoms with Gasteiger partial charge >= 0.3 is 12.1 Å². The Morgan fingerprint density at radius 2 is 1.96 bits per heavy atom. The standard InChI is InChI=1S/C19H28N2O6S/c1-2-26-18(22)11-6-12-20-28(24,25)17-10-7-13-21(14-17)19(23)27-15-16-8-4-3-5-9-16/h3-5,8-9,17,20H,2,6-7,10-15H2,1H3/t17-/m0/s1. The highest BCUT2D eigenvalue weighted by Crippen LogP contribution is 2.18. The lowest BCUT2D eigenvalue weighted by Gasteiger charge is -2.31. The van der Waals surface area contributed by atoms with Crippen LogP contribution in [-0.2, 0) is 30.9 Å². The molecule has 0 bridgehead atoms. The first-order valence-electron chi connectivity index (χ1n) is 9.52. The number of amides is 1. The SMILES string of the molecule is CCOC(=O)CCCNS(=O)(=O)[C@H]1CCCN(C(=O)OCc2ccccc2)C1. The normalized spacial score (nSPS) is 17.2. The van der Waals surface area contributed by atoms with Crippen LogP contribution in [0.25, 0.3) is 0 Å². The molecule has 0 aliphatic carbocycles. The van der Waals surface area contributed by atoms with Crippen molar-refractivity contribution < 1.29 is 27.5 Å². The molecule has 8 nitrogen and oxygen atoms in total. The minimum Gasteiger partial charge on any atom is -0.466 e. The quantitative estimate of drug-likeness (QED) is 0.492. The van der Waals surface area contributed by atoms with Crippen LogP contribution < -0.4 is 4.72 Å². The van der Waals surface area contributed by atoms with E-state index in [2.05, 4.69) is 4.72 Å². The van der Waals surface area contributed by atoms with Crippen molar-refractivity contribution in [3.63, 3.8) is 0 Å². The van der Waals surface area contributed by atoms with Crippen LogP contribution in [0.2, 0.25) is 0 Å². The number of carbonyl (C=O) groups is 2. The molecule has 1 fully saturated rings. The summed E-state index contributed by atoms with van der Waals surface area (Å²) in [5.41, 5.74) is 0.875. The minimum atomic E-state index is -3.58. The molecule has 1 saturated heterocycles. The van der Waals surface area contributed by atoms with Gasteiger partial charge in [-0.15, -0.1) is 0 Å². The average molecular weight is 413 g/mol. The highest BCUT2D eigenvalue weighted by molar-refractivity contribution is 7.90. The van der Waals surface area contributed by atoms with E-state index in [1.165, 1.54) is 4.90 Å². The lowest BCUT2D eigenvalue weighted by Crippen LogP contribution is -2.48. The van der Waals surface area contributed by atoms with Crippen molar-refractivity contribution in [3.8, 4) is 0 Å². The number of sulfonamides is 1. The average Bonchev–Trinajstić information content (AvgIpc) is 2.70. The third-order valence-corrected chi connectivity index (χ3v) is 6.32. The van der Waals surface area contributed by atoms with Crippen molar-refractivity contribution >= 4 is 22.1 Å². The number of rotatable bonds is 9. The summed E-state index contributed by atoms with van der Waals surface area (Å²) in [6.07, 6.45) is 1.10. The number of hydrogen-bond donors (Lipinski definition) is 1. The van der Waals surface area contributed by atoms with Crippen LogP contribution in [-0.4, -0.2) is 56.9 Å². The summed E-state index contributed by atoms with van der Waals surface area (Å²) >= 11 is 0. The van der Waals surface area contributed by atoms with E-state index in [0.29, 0.717) is 32.4 Å². The Bertz CT molecular complexity index is 738. The third kappa shape index (κ3) is 7.12. The highest BCUT2D eigenvalue weighted by atomic mass is 32.2. The summed E-state index contributed by atoms with van der Waals surface area (Å²) < 4.78 is 37.6. The monoisotopic (exact) mass is 412 g/mol. The van der Waals surface area contributed by atoms with Crippen molar-refractivity contribution in [2.75, 3.05) is 26.2 Å². The third-order valence-electron chi connectivity index (χ3n) is 4.45. The van der Waals surface area contributed by atoms with Crippen molar-refractivity contribution in [1.29, 1.82) is 0 Å². The molecule has 1 atom stereocenters. The van der Waals surface area contributed by atoms with Gasteiger partial charge in [0.2, 0.25) is 10.0 Å². The summed E-state index contributed by atoms with van der Waals surface area (Å²) in [7, 11) is -3.58. The van der Waals surface area contributed by atoms with Gasteiger partial charge in [-0.2, -0.15) is 0 Å². The fourth-order valence-electron chi connectivity index (χ4n) is 2.97. The second kappa shape index (κ2) is 11.0. The second-order valence-electron chi connectivity index (χ2n) is 6.60. The van der Waals surface area contributed by atoms with Gasteiger partial charge in [-0.1, -0.05) is 30.3 Å². The van der Waals surface area contributed by atoms with Crippen molar-refractivity contribution in [2.24, 2.45) is 0 Å². The molecule has 0 unspecified atom stereocenters. The lowest BCUT2D eigenvalue weighted by molar-refractivity contribution is -0.143. The number of carbonyl (C=O) groups excluding carboxylic acids is 2. The number of benzene rings is 1. The summed E-state index contributed by atoms with van der Waals surface area (Å²) in [5, 5.41) is -0.687. The van der Waals surface area contributed by atoms with E-state index in [1.807, 2.05) is 30.3 Å². The maximum Gasteiger partial charge on any atom is 0.410 e. The molecular formula is C19H28N2O6S. The Morgan fingerprint density at radius 3 is 2.68 bits per heavy atom. The first-order valence-corrected chi connectivity index (χ1v) is 11.1. The molecule has 0 saturated carbocycles. The molecular weight excluding hydrogens is 384 g/mol. The van der Waals surface area contributed by atoms with Gasteiger partial charge in [0.15, 0.2) is 0 Å². The van der Waals surface area contributed by atoms with Crippen molar-refractivity contribution in [2.45, 2.75) is 44.5 Å². The number of esters is 1. The van der Waals surface area contributed by atoms with Crippen LogP contribution in [0.15, 0.2) is 30.3 Å². The van der Waals surface area contributed by atoms with Crippen LogP contribution in [0.1, 0.15) is 38.2 Å². The van der Waals surface area contributed by atoms with Crippen LogP contribution >= 0.6 is 0 Å². The molecule has 0 spiro atoms. The van der Waals surface area contributed by atoms with Gasteiger partial charge in [-0.05, 0) is 31.7 Å². The fraction of sp³-hybridized carbons (Fsp3) is 0.579. The first kappa shape index (κ1) is 22.2. The molecule has 28 heavy (non-hydrogen) atoms. The van der Waals surface area contributed by atoms with E-state index < -0.39 is 21.4 Å².